The molecule has 4 aromatic rings. The molecule has 0 aliphatic carbocycles. The number of methoxy groups -OCH3 is 1. The van der Waals surface area contributed by atoms with Gasteiger partial charge in [0, 0.05) is 43.3 Å². The molecule has 4 rings (SSSR count). The number of carbonyl (C=O) groups is 1. The van der Waals surface area contributed by atoms with Crippen molar-refractivity contribution >= 4 is 23.3 Å². The molecule has 0 atom stereocenters. The number of nitrogens with zero attached hydrogens (tertiary/aromatic N) is 3. The number of hydrogen-bond acceptors (Lipinski definition) is 6. The second-order valence-electron chi connectivity index (χ2n) is 7.50. The normalized spacial score (nSPS) is 10.8. The van der Waals surface area contributed by atoms with E-state index >= 15 is 0 Å². The van der Waals surface area contributed by atoms with Gasteiger partial charge in [-0.2, -0.15) is 0 Å². The first kappa shape index (κ1) is 23.4. The average molecular weight is 478 g/mol. The van der Waals surface area contributed by atoms with Gasteiger partial charge in [0.25, 0.3) is 5.91 Å². The summed E-state index contributed by atoms with van der Waals surface area (Å²) in [6, 6.07) is 18.9. The van der Waals surface area contributed by atoms with Crippen LogP contribution in [0.1, 0.15) is 28.4 Å². The smallest absolute Gasteiger partial charge is 0.294 e. The first-order valence-corrected chi connectivity index (χ1v) is 11.1. The number of benzene rings is 2. The van der Waals surface area contributed by atoms with Gasteiger partial charge in [-0.05, 0) is 41.5 Å². The Kier molecular flexibility index (Phi) is 7.85. The maximum atomic E-state index is 12.7. The van der Waals surface area contributed by atoms with Gasteiger partial charge in [-0.1, -0.05) is 41.9 Å². The van der Waals surface area contributed by atoms with E-state index in [1.165, 1.54) is 0 Å². The van der Waals surface area contributed by atoms with Gasteiger partial charge in [0.2, 0.25) is 5.82 Å². The van der Waals surface area contributed by atoms with Gasteiger partial charge in [-0.25, -0.2) is 4.98 Å². The van der Waals surface area contributed by atoms with E-state index in [9.17, 15) is 4.79 Å². The highest BCUT2D eigenvalue weighted by atomic mass is 35.5. The SMILES string of the molecule is COCCCOc1ccc(Cl)c(-c2ccnc(NC(=O)c3nnc(Cc4ccccc4)[nH]3)c2)c1. The third-order valence-corrected chi connectivity index (χ3v) is 5.30. The van der Waals surface area contributed by atoms with Crippen LogP contribution in [0.3, 0.4) is 0 Å². The molecule has 0 saturated heterocycles. The van der Waals surface area contributed by atoms with Gasteiger partial charge in [0.15, 0.2) is 0 Å². The number of aromatic nitrogens is 4. The number of halogens is 1. The standard InChI is InChI=1S/C25H24ClN5O3/c1-33-12-5-13-34-19-8-9-21(26)20(16-19)18-10-11-27-22(15-18)29-25(32)24-28-23(30-31-24)14-17-6-3-2-4-7-17/h2-4,6-11,15-16H,5,12-14H2,1H3,(H,27,29,32)(H,28,30,31). The number of amides is 1. The Morgan fingerprint density at radius 1 is 1.06 bits per heavy atom. The number of rotatable bonds is 10. The molecule has 0 unspecified atom stereocenters. The van der Waals surface area contributed by atoms with Crippen molar-refractivity contribution in [1.29, 1.82) is 0 Å². The second-order valence-corrected chi connectivity index (χ2v) is 7.91. The molecule has 2 N–H and O–H groups in total. The highest BCUT2D eigenvalue weighted by Crippen LogP contribution is 2.32. The van der Waals surface area contributed by atoms with E-state index in [-0.39, 0.29) is 5.82 Å². The highest BCUT2D eigenvalue weighted by molar-refractivity contribution is 6.33. The topological polar surface area (TPSA) is 102 Å². The lowest BCUT2D eigenvalue weighted by atomic mass is 10.1. The molecule has 8 nitrogen and oxygen atoms in total. The number of hydrogen-bond donors (Lipinski definition) is 2. The van der Waals surface area contributed by atoms with Gasteiger partial charge >= 0.3 is 0 Å². The molecule has 2 aromatic carbocycles. The van der Waals surface area contributed by atoms with Crippen molar-refractivity contribution in [3.63, 3.8) is 0 Å². The fourth-order valence-electron chi connectivity index (χ4n) is 3.32. The van der Waals surface area contributed by atoms with Gasteiger partial charge in [0.1, 0.15) is 17.4 Å². The predicted molar refractivity (Wildman–Crippen MR) is 130 cm³/mol. The third-order valence-electron chi connectivity index (χ3n) is 4.97. The Labute approximate surface area is 202 Å². The predicted octanol–water partition coefficient (Wildman–Crippen LogP) is 4.78. The van der Waals surface area contributed by atoms with Crippen LogP contribution in [0.5, 0.6) is 5.75 Å². The Morgan fingerprint density at radius 3 is 2.74 bits per heavy atom. The molecule has 174 valence electrons. The monoisotopic (exact) mass is 477 g/mol. The minimum absolute atomic E-state index is 0.114. The molecule has 2 aromatic heterocycles. The van der Waals surface area contributed by atoms with Gasteiger partial charge in [-0.3, -0.25) is 4.79 Å². The van der Waals surface area contributed by atoms with Crippen LogP contribution in [-0.4, -0.2) is 46.4 Å². The zero-order valence-corrected chi connectivity index (χ0v) is 19.4. The van der Waals surface area contributed by atoms with Gasteiger partial charge in [-0.15, -0.1) is 10.2 Å². The third kappa shape index (κ3) is 6.18. The zero-order chi connectivity index (χ0) is 23.8. The lowest BCUT2D eigenvalue weighted by molar-refractivity contribution is 0.101. The van der Waals surface area contributed by atoms with Crippen molar-refractivity contribution in [2.24, 2.45) is 0 Å². The van der Waals surface area contributed by atoms with Crippen LogP contribution in [0.4, 0.5) is 5.82 Å². The first-order valence-electron chi connectivity index (χ1n) is 10.8. The Bertz CT molecular complexity index is 1250. The van der Waals surface area contributed by atoms with Crippen LogP contribution < -0.4 is 10.1 Å². The molecule has 0 spiro atoms. The van der Waals surface area contributed by atoms with E-state index < -0.39 is 5.91 Å². The van der Waals surface area contributed by atoms with Crippen LogP contribution >= 0.6 is 11.6 Å². The summed E-state index contributed by atoms with van der Waals surface area (Å²) in [5, 5.41) is 11.4. The summed E-state index contributed by atoms with van der Waals surface area (Å²) in [6.45, 7) is 1.17. The van der Waals surface area contributed by atoms with E-state index in [2.05, 4.69) is 25.5 Å². The van der Waals surface area contributed by atoms with Gasteiger partial charge in [0.05, 0.1) is 6.61 Å². The molecule has 9 heteroatoms. The fourth-order valence-corrected chi connectivity index (χ4v) is 3.55. The molecule has 34 heavy (non-hydrogen) atoms. The van der Waals surface area contributed by atoms with Crippen LogP contribution in [-0.2, 0) is 11.2 Å². The van der Waals surface area contributed by atoms with E-state index in [1.54, 1.807) is 25.4 Å². The summed E-state index contributed by atoms with van der Waals surface area (Å²) in [5.74, 6) is 1.35. The number of nitrogens with one attached hydrogen (secondary N) is 2. The van der Waals surface area contributed by atoms with Crippen LogP contribution in [0.2, 0.25) is 5.02 Å². The number of carbonyl (C=O) groups excluding carboxylic acids is 1. The van der Waals surface area contributed by atoms with Crippen LogP contribution in [0.25, 0.3) is 11.1 Å². The summed E-state index contributed by atoms with van der Waals surface area (Å²) in [5.41, 5.74) is 2.63. The van der Waals surface area contributed by atoms with Crippen molar-refractivity contribution in [2.75, 3.05) is 25.6 Å². The van der Waals surface area contributed by atoms with Crippen molar-refractivity contribution in [3.05, 3.63) is 89.1 Å². The molecule has 2 heterocycles. The zero-order valence-electron chi connectivity index (χ0n) is 18.6. The van der Waals surface area contributed by atoms with E-state index in [4.69, 9.17) is 21.1 Å². The Morgan fingerprint density at radius 2 is 1.91 bits per heavy atom. The quantitative estimate of drug-likeness (QED) is 0.319. The number of ether oxygens (including phenoxy) is 2. The summed E-state index contributed by atoms with van der Waals surface area (Å²) in [4.78, 5) is 19.9. The summed E-state index contributed by atoms with van der Waals surface area (Å²) < 4.78 is 10.8. The molecule has 0 fully saturated rings. The van der Waals surface area contributed by atoms with E-state index in [0.717, 1.165) is 23.1 Å². The molecule has 0 saturated carbocycles. The Balaban J connectivity index is 1.44. The molecule has 0 aliphatic heterocycles. The van der Waals surface area contributed by atoms with Crippen molar-refractivity contribution < 1.29 is 14.3 Å². The summed E-state index contributed by atoms with van der Waals surface area (Å²) >= 11 is 6.43. The average Bonchev–Trinajstić information content (AvgIpc) is 3.32. The first-order chi connectivity index (χ1) is 16.6. The van der Waals surface area contributed by atoms with Crippen molar-refractivity contribution in [1.82, 2.24) is 20.2 Å². The van der Waals surface area contributed by atoms with E-state index in [1.807, 2.05) is 48.5 Å². The molecule has 1 amide bonds. The van der Waals surface area contributed by atoms with Gasteiger partial charge < -0.3 is 19.8 Å². The molecule has 0 bridgehead atoms. The minimum Gasteiger partial charge on any atom is -0.493 e. The largest absolute Gasteiger partial charge is 0.493 e. The maximum absolute atomic E-state index is 12.7. The number of aromatic amines is 1. The summed E-state index contributed by atoms with van der Waals surface area (Å²) in [7, 11) is 1.66. The highest BCUT2D eigenvalue weighted by Gasteiger charge is 2.14. The summed E-state index contributed by atoms with van der Waals surface area (Å²) in [6.07, 6.45) is 2.94. The lowest BCUT2D eigenvalue weighted by Crippen LogP contribution is -2.14. The minimum atomic E-state index is -0.433. The van der Waals surface area contributed by atoms with Crippen molar-refractivity contribution in [3.8, 4) is 16.9 Å². The number of H-pyrrole nitrogens is 1. The fraction of sp³-hybridized carbons (Fsp3) is 0.200. The molecular weight excluding hydrogens is 454 g/mol. The Hall–Kier alpha value is -3.75. The number of pyridine rings is 1. The maximum Gasteiger partial charge on any atom is 0.294 e. The molecule has 0 radical (unpaired) electrons. The van der Waals surface area contributed by atoms with Crippen LogP contribution in [0, 0.1) is 0 Å². The second kappa shape index (κ2) is 11.4. The molecule has 0 aliphatic rings. The molecular formula is C25H24ClN5O3. The van der Waals surface area contributed by atoms with Crippen molar-refractivity contribution in [2.45, 2.75) is 12.8 Å². The lowest BCUT2D eigenvalue weighted by Gasteiger charge is -2.11. The number of anilines is 1. The van der Waals surface area contributed by atoms with Crippen LogP contribution in [0.15, 0.2) is 66.9 Å². The van der Waals surface area contributed by atoms with E-state index in [0.29, 0.717) is 42.0 Å².